The molecule has 1 fully saturated rings. The minimum absolute atomic E-state index is 0.419. The highest BCUT2D eigenvalue weighted by Gasteiger charge is 2.21. The molecule has 7 heteroatoms. The average molecular weight is 341 g/mol. The summed E-state index contributed by atoms with van der Waals surface area (Å²) >= 11 is 1.66. The fraction of sp³-hybridized carbons (Fsp3) is 0.353. The second kappa shape index (κ2) is 7.11. The number of nitrogens with zero attached hydrogens (tertiary/aromatic N) is 4. The molecule has 0 aliphatic carbocycles. The molecule has 0 unspecified atom stereocenters. The van der Waals surface area contributed by atoms with Gasteiger partial charge in [0.2, 0.25) is 0 Å². The lowest BCUT2D eigenvalue weighted by Crippen LogP contribution is -2.45. The van der Waals surface area contributed by atoms with Gasteiger partial charge in [0.1, 0.15) is 0 Å². The van der Waals surface area contributed by atoms with Crippen LogP contribution in [0.4, 0.5) is 5.82 Å². The second-order valence-electron chi connectivity index (χ2n) is 5.91. The van der Waals surface area contributed by atoms with E-state index in [1.54, 1.807) is 17.5 Å². The van der Waals surface area contributed by atoms with E-state index in [9.17, 15) is 0 Å². The quantitative estimate of drug-likeness (QED) is 0.769. The van der Waals surface area contributed by atoms with Crippen LogP contribution in [0.1, 0.15) is 18.5 Å². The van der Waals surface area contributed by atoms with Crippen LogP contribution >= 0.6 is 11.3 Å². The maximum Gasteiger partial charge on any atom is 0.177 e. The van der Waals surface area contributed by atoms with Crippen molar-refractivity contribution in [1.82, 2.24) is 20.7 Å². The zero-order valence-corrected chi connectivity index (χ0v) is 14.1. The lowest BCUT2D eigenvalue weighted by atomic mass is 10.1. The zero-order chi connectivity index (χ0) is 16.2. The van der Waals surface area contributed by atoms with Crippen molar-refractivity contribution in [3.8, 4) is 10.6 Å². The number of hydrogen-bond donors (Lipinski definition) is 1. The number of rotatable bonds is 5. The summed E-state index contributed by atoms with van der Waals surface area (Å²) in [7, 11) is 0. The first-order valence-electron chi connectivity index (χ1n) is 8.14. The van der Waals surface area contributed by atoms with Crippen LogP contribution < -0.4 is 10.2 Å². The van der Waals surface area contributed by atoms with Gasteiger partial charge in [-0.2, -0.15) is 5.10 Å². The van der Waals surface area contributed by atoms with Crippen molar-refractivity contribution in [3.05, 3.63) is 47.6 Å². The van der Waals surface area contributed by atoms with Gasteiger partial charge in [-0.15, -0.1) is 16.4 Å². The van der Waals surface area contributed by atoms with Gasteiger partial charge in [-0.1, -0.05) is 11.2 Å². The number of nitrogens with one attached hydrogen (secondary N) is 1. The summed E-state index contributed by atoms with van der Waals surface area (Å²) in [5, 5.41) is 18.0. The smallest absolute Gasteiger partial charge is 0.177 e. The Kier molecular flexibility index (Phi) is 4.53. The predicted molar refractivity (Wildman–Crippen MR) is 93.9 cm³/mol. The Morgan fingerprint density at radius 2 is 2.33 bits per heavy atom. The average Bonchev–Trinajstić information content (AvgIpc) is 3.32. The molecule has 4 rings (SSSR count). The molecule has 0 saturated carbocycles. The summed E-state index contributed by atoms with van der Waals surface area (Å²) in [6, 6.07) is 10.4. The van der Waals surface area contributed by atoms with Crippen LogP contribution in [-0.2, 0) is 6.54 Å². The van der Waals surface area contributed by atoms with Gasteiger partial charge < -0.3 is 14.7 Å². The highest BCUT2D eigenvalue weighted by molar-refractivity contribution is 7.13. The van der Waals surface area contributed by atoms with Gasteiger partial charge in [-0.05, 0) is 36.4 Å². The molecular formula is C17H19N5OS. The SMILES string of the molecule is c1cnnc(N2CCC[C@H](NCc3cc(-c4cccs4)on3)C2)c1. The number of piperidine rings is 1. The van der Waals surface area contributed by atoms with Gasteiger partial charge in [0.15, 0.2) is 11.6 Å². The van der Waals surface area contributed by atoms with Crippen LogP contribution in [0.15, 0.2) is 46.4 Å². The largest absolute Gasteiger partial charge is 0.355 e. The van der Waals surface area contributed by atoms with Crippen LogP contribution in [0.5, 0.6) is 0 Å². The molecule has 1 aliphatic rings. The summed E-state index contributed by atoms with van der Waals surface area (Å²) in [6.45, 7) is 2.69. The maximum absolute atomic E-state index is 5.43. The highest BCUT2D eigenvalue weighted by atomic mass is 32.1. The Morgan fingerprint density at radius 1 is 1.33 bits per heavy atom. The van der Waals surface area contributed by atoms with Gasteiger partial charge in [0.25, 0.3) is 0 Å². The van der Waals surface area contributed by atoms with Crippen molar-refractivity contribution in [1.29, 1.82) is 0 Å². The van der Waals surface area contributed by atoms with Crippen molar-refractivity contribution in [3.63, 3.8) is 0 Å². The van der Waals surface area contributed by atoms with Crippen LogP contribution in [0.2, 0.25) is 0 Å². The van der Waals surface area contributed by atoms with Crippen LogP contribution in [0, 0.1) is 0 Å². The molecule has 3 aromatic heterocycles. The van der Waals surface area contributed by atoms with Gasteiger partial charge >= 0.3 is 0 Å². The third kappa shape index (κ3) is 3.47. The van der Waals surface area contributed by atoms with E-state index in [2.05, 4.69) is 25.6 Å². The van der Waals surface area contributed by atoms with E-state index in [0.717, 1.165) is 48.1 Å². The molecule has 0 bridgehead atoms. The molecule has 1 N–H and O–H groups in total. The van der Waals surface area contributed by atoms with E-state index in [1.807, 2.05) is 35.7 Å². The Labute approximate surface area is 144 Å². The summed E-state index contributed by atoms with van der Waals surface area (Å²) in [4.78, 5) is 3.40. The molecule has 0 radical (unpaired) electrons. The van der Waals surface area contributed by atoms with Crippen molar-refractivity contribution >= 4 is 17.2 Å². The first kappa shape index (κ1) is 15.3. The van der Waals surface area contributed by atoms with E-state index < -0.39 is 0 Å². The van der Waals surface area contributed by atoms with E-state index in [1.165, 1.54) is 0 Å². The molecule has 0 aromatic carbocycles. The molecule has 1 atom stereocenters. The number of aromatic nitrogens is 3. The number of thiophene rings is 1. The van der Waals surface area contributed by atoms with Crippen LogP contribution in [0.25, 0.3) is 10.6 Å². The molecule has 6 nitrogen and oxygen atoms in total. The van der Waals surface area contributed by atoms with Gasteiger partial charge in [-0.25, -0.2) is 0 Å². The van der Waals surface area contributed by atoms with E-state index in [-0.39, 0.29) is 0 Å². The first-order valence-corrected chi connectivity index (χ1v) is 9.02. The van der Waals surface area contributed by atoms with Crippen molar-refractivity contribution in [2.75, 3.05) is 18.0 Å². The Balaban J connectivity index is 1.34. The van der Waals surface area contributed by atoms with Gasteiger partial charge in [0.05, 0.1) is 10.6 Å². The molecule has 1 aliphatic heterocycles. The summed E-state index contributed by atoms with van der Waals surface area (Å²) in [5.41, 5.74) is 0.940. The lowest BCUT2D eigenvalue weighted by molar-refractivity contribution is 0.395. The molecule has 3 aromatic rings. The predicted octanol–water partition coefficient (Wildman–Crippen LogP) is 2.95. The Bertz CT molecular complexity index is 758. The standard InChI is InChI=1S/C17H19N5OS/c1-6-17(20-19-7-1)22-8-2-4-13(12-22)18-11-14-10-15(23-21-14)16-5-3-9-24-16/h1,3,5-7,9-10,13,18H,2,4,8,11-12H2/t13-/m0/s1. The van der Waals surface area contributed by atoms with E-state index in [4.69, 9.17) is 4.52 Å². The van der Waals surface area contributed by atoms with Crippen molar-refractivity contribution < 1.29 is 4.52 Å². The monoisotopic (exact) mass is 341 g/mol. The molecular weight excluding hydrogens is 322 g/mol. The fourth-order valence-corrected chi connectivity index (χ4v) is 3.67. The lowest BCUT2D eigenvalue weighted by Gasteiger charge is -2.33. The van der Waals surface area contributed by atoms with Crippen LogP contribution in [-0.4, -0.2) is 34.5 Å². The first-order chi connectivity index (χ1) is 11.9. The number of anilines is 1. The molecule has 1 saturated heterocycles. The summed E-state index contributed by atoms with van der Waals surface area (Å²) in [6.07, 6.45) is 4.01. The van der Waals surface area contributed by atoms with E-state index >= 15 is 0 Å². The normalized spacial score (nSPS) is 18.0. The summed E-state index contributed by atoms with van der Waals surface area (Å²) in [5.74, 6) is 1.79. The zero-order valence-electron chi connectivity index (χ0n) is 13.3. The Morgan fingerprint density at radius 3 is 3.17 bits per heavy atom. The number of hydrogen-bond acceptors (Lipinski definition) is 7. The Hall–Kier alpha value is -2.25. The molecule has 0 amide bonds. The molecule has 124 valence electrons. The maximum atomic E-state index is 5.43. The topological polar surface area (TPSA) is 67.1 Å². The molecule has 4 heterocycles. The molecule has 24 heavy (non-hydrogen) atoms. The minimum Gasteiger partial charge on any atom is -0.355 e. The van der Waals surface area contributed by atoms with Gasteiger partial charge in [-0.3, -0.25) is 0 Å². The minimum atomic E-state index is 0.419. The third-order valence-corrected chi connectivity index (χ3v) is 5.08. The van der Waals surface area contributed by atoms with Gasteiger partial charge in [0, 0.05) is 37.9 Å². The van der Waals surface area contributed by atoms with Crippen molar-refractivity contribution in [2.24, 2.45) is 0 Å². The van der Waals surface area contributed by atoms with E-state index in [0.29, 0.717) is 12.6 Å². The summed E-state index contributed by atoms with van der Waals surface area (Å²) < 4.78 is 5.43. The highest BCUT2D eigenvalue weighted by Crippen LogP contribution is 2.25. The fourth-order valence-electron chi connectivity index (χ4n) is 2.99. The third-order valence-electron chi connectivity index (χ3n) is 4.20. The molecule has 0 spiro atoms. The second-order valence-corrected chi connectivity index (χ2v) is 6.86. The van der Waals surface area contributed by atoms with Crippen molar-refractivity contribution in [2.45, 2.75) is 25.4 Å². The van der Waals surface area contributed by atoms with Crippen LogP contribution in [0.3, 0.4) is 0 Å².